The van der Waals surface area contributed by atoms with Crippen LogP contribution < -0.4 is 5.32 Å². The van der Waals surface area contributed by atoms with Crippen molar-refractivity contribution >= 4 is 22.7 Å². The van der Waals surface area contributed by atoms with E-state index in [0.717, 1.165) is 25.7 Å². The summed E-state index contributed by atoms with van der Waals surface area (Å²) in [5.74, 6) is -1.24. The predicted molar refractivity (Wildman–Crippen MR) is 81.9 cm³/mol. The largest absolute Gasteiger partial charge is 0.452 e. The maximum absolute atomic E-state index is 12.5. The normalized spacial score (nSPS) is 22.8. The lowest BCUT2D eigenvalue weighted by Gasteiger charge is -2.48. The molecule has 10 heteroatoms. The minimum absolute atomic E-state index is 0.155. The van der Waals surface area contributed by atoms with Gasteiger partial charge < -0.3 is 9.64 Å². The summed E-state index contributed by atoms with van der Waals surface area (Å²) in [6, 6.07) is -0.470. The van der Waals surface area contributed by atoms with Crippen LogP contribution in [0.2, 0.25) is 0 Å². The molecule has 2 aliphatic rings. The van der Waals surface area contributed by atoms with Gasteiger partial charge in [0.05, 0.1) is 24.3 Å². The van der Waals surface area contributed by atoms with E-state index in [1.165, 1.54) is 0 Å². The second kappa shape index (κ2) is 5.83. The van der Waals surface area contributed by atoms with E-state index in [2.05, 4.69) is 14.7 Å². The fourth-order valence-electron chi connectivity index (χ4n) is 3.50. The molecule has 1 aromatic heterocycles. The van der Waals surface area contributed by atoms with Crippen LogP contribution in [0.5, 0.6) is 0 Å². The first-order valence-electron chi connectivity index (χ1n) is 7.76. The van der Waals surface area contributed by atoms with Crippen molar-refractivity contribution in [1.82, 2.24) is 14.3 Å². The van der Waals surface area contributed by atoms with Crippen LogP contribution in [0.4, 0.5) is 23.1 Å². The van der Waals surface area contributed by atoms with Crippen LogP contribution in [-0.2, 0) is 10.9 Å². The Labute approximate surface area is 141 Å². The first-order valence-corrected chi connectivity index (χ1v) is 8.53. The van der Waals surface area contributed by atoms with Gasteiger partial charge in [-0.25, -0.2) is 4.79 Å². The summed E-state index contributed by atoms with van der Waals surface area (Å²) in [5, 5.41) is 2.27. The molecule has 2 fully saturated rings. The van der Waals surface area contributed by atoms with Gasteiger partial charge in [-0.3, -0.25) is 5.32 Å². The number of urea groups is 1. The lowest BCUT2D eigenvalue weighted by molar-refractivity contribution is -0.183. The number of hydrogen-bond acceptors (Lipinski definition) is 5. The number of morpholine rings is 1. The number of halogens is 3. The molecule has 1 spiro atoms. The highest BCUT2D eigenvalue weighted by atomic mass is 32.1. The van der Waals surface area contributed by atoms with E-state index in [9.17, 15) is 18.0 Å². The van der Waals surface area contributed by atoms with Crippen molar-refractivity contribution in [3.63, 3.8) is 0 Å². The third-order valence-corrected chi connectivity index (χ3v) is 4.87. The monoisotopic (exact) mass is 364 g/mol. The van der Waals surface area contributed by atoms with E-state index in [4.69, 9.17) is 4.74 Å². The van der Waals surface area contributed by atoms with Crippen LogP contribution in [0.15, 0.2) is 0 Å². The lowest BCUT2D eigenvalue weighted by Crippen LogP contribution is -2.60. The van der Waals surface area contributed by atoms with E-state index in [0.29, 0.717) is 24.6 Å². The van der Waals surface area contributed by atoms with Crippen LogP contribution >= 0.6 is 11.5 Å². The number of nitrogens with one attached hydrogen (secondary N) is 1. The Bertz CT molecular complexity index is 626. The third kappa shape index (κ3) is 3.64. The average molecular weight is 364 g/mol. The first-order chi connectivity index (χ1) is 11.1. The number of carbonyl (C=O) groups excluding carboxylic acids is 1. The Morgan fingerprint density at radius 3 is 2.54 bits per heavy atom. The number of alkyl halides is 3. The molecule has 2 amide bonds. The van der Waals surface area contributed by atoms with E-state index in [-0.39, 0.29) is 10.7 Å². The van der Waals surface area contributed by atoms with Gasteiger partial charge in [-0.15, -0.1) is 0 Å². The first kappa shape index (κ1) is 17.4. The van der Waals surface area contributed by atoms with Crippen LogP contribution in [0.25, 0.3) is 0 Å². The molecule has 1 saturated carbocycles. The van der Waals surface area contributed by atoms with Gasteiger partial charge in [0.2, 0.25) is 11.0 Å². The summed E-state index contributed by atoms with van der Waals surface area (Å²) in [6.07, 6.45) is -0.740. The number of nitrogens with zero attached hydrogens (tertiary/aromatic N) is 3. The molecule has 134 valence electrons. The van der Waals surface area contributed by atoms with Gasteiger partial charge in [0.15, 0.2) is 0 Å². The zero-order valence-electron chi connectivity index (χ0n) is 13.4. The van der Waals surface area contributed by atoms with Gasteiger partial charge in [-0.2, -0.15) is 22.5 Å². The number of aromatic nitrogens is 2. The Hall–Kier alpha value is -1.42. The maximum Gasteiger partial charge on any atom is 0.452 e. The highest BCUT2D eigenvalue weighted by Crippen LogP contribution is 2.40. The van der Waals surface area contributed by atoms with Gasteiger partial charge in [0.25, 0.3) is 0 Å². The molecule has 2 heterocycles. The Morgan fingerprint density at radius 1 is 1.29 bits per heavy atom. The molecule has 24 heavy (non-hydrogen) atoms. The van der Waals surface area contributed by atoms with Crippen LogP contribution in [0.1, 0.15) is 45.4 Å². The SMILES string of the molecule is CC1(C)CN(C(=O)Nc2nc(C(F)(F)F)ns2)CC2(CCCC2)O1. The van der Waals surface area contributed by atoms with Crippen molar-refractivity contribution in [3.8, 4) is 0 Å². The molecule has 0 bridgehead atoms. The molecular formula is C14H19F3N4O2S. The van der Waals surface area contributed by atoms with Crippen LogP contribution in [0, 0.1) is 0 Å². The van der Waals surface area contributed by atoms with Crippen molar-refractivity contribution in [1.29, 1.82) is 0 Å². The van der Waals surface area contributed by atoms with E-state index in [1.54, 1.807) is 4.90 Å². The Balaban J connectivity index is 1.71. The fraction of sp³-hybridized carbons (Fsp3) is 0.786. The molecule has 1 N–H and O–H groups in total. The van der Waals surface area contributed by atoms with E-state index in [1.807, 2.05) is 13.8 Å². The molecule has 1 aliphatic carbocycles. The lowest BCUT2D eigenvalue weighted by atomic mass is 9.94. The topological polar surface area (TPSA) is 67.4 Å². The highest BCUT2D eigenvalue weighted by Gasteiger charge is 2.47. The van der Waals surface area contributed by atoms with Gasteiger partial charge in [0, 0.05) is 11.5 Å². The number of rotatable bonds is 1. The molecule has 1 aliphatic heterocycles. The van der Waals surface area contributed by atoms with Crippen molar-refractivity contribution in [2.45, 2.75) is 56.9 Å². The third-order valence-electron chi connectivity index (χ3n) is 4.24. The number of ether oxygens (including phenoxy) is 1. The fourth-order valence-corrected chi connectivity index (χ4v) is 4.07. The molecule has 0 radical (unpaired) electrons. The standard InChI is InChI=1S/C14H19F3N4O2S/c1-12(2)7-21(8-13(23-12)5-3-4-6-13)11(22)19-10-18-9(20-24-10)14(15,16)17/h3-8H2,1-2H3,(H,18,19,20,22). The van der Waals surface area contributed by atoms with Crippen LogP contribution in [-0.4, -0.2) is 44.6 Å². The molecule has 0 unspecified atom stereocenters. The van der Waals surface area contributed by atoms with Crippen LogP contribution in [0.3, 0.4) is 0 Å². The van der Waals surface area contributed by atoms with Crippen molar-refractivity contribution in [2.24, 2.45) is 0 Å². The number of carbonyl (C=O) groups is 1. The number of hydrogen-bond donors (Lipinski definition) is 1. The minimum atomic E-state index is -4.62. The summed E-state index contributed by atoms with van der Waals surface area (Å²) in [4.78, 5) is 17.4. The Morgan fingerprint density at radius 2 is 1.96 bits per heavy atom. The van der Waals surface area contributed by atoms with Gasteiger partial charge >= 0.3 is 12.2 Å². The summed E-state index contributed by atoms with van der Waals surface area (Å²) in [5.41, 5.74) is -0.852. The van der Waals surface area contributed by atoms with E-state index < -0.39 is 23.6 Å². The average Bonchev–Trinajstić information content (AvgIpc) is 3.06. The zero-order valence-corrected chi connectivity index (χ0v) is 14.3. The molecule has 0 atom stereocenters. The molecule has 3 rings (SSSR count). The number of anilines is 1. The summed E-state index contributed by atoms with van der Waals surface area (Å²) >= 11 is 0.521. The van der Waals surface area contributed by atoms with E-state index >= 15 is 0 Å². The summed E-state index contributed by atoms with van der Waals surface area (Å²) in [7, 11) is 0. The quantitative estimate of drug-likeness (QED) is 0.828. The second-order valence-electron chi connectivity index (χ2n) is 6.96. The molecule has 6 nitrogen and oxygen atoms in total. The number of amides is 2. The summed E-state index contributed by atoms with van der Waals surface area (Å²) in [6.45, 7) is 4.64. The van der Waals surface area contributed by atoms with Crippen molar-refractivity contribution in [2.75, 3.05) is 18.4 Å². The summed E-state index contributed by atoms with van der Waals surface area (Å²) < 4.78 is 47.1. The minimum Gasteiger partial charge on any atom is -0.365 e. The highest BCUT2D eigenvalue weighted by molar-refractivity contribution is 7.09. The predicted octanol–water partition coefficient (Wildman–Crippen LogP) is 3.51. The van der Waals surface area contributed by atoms with Gasteiger partial charge in [-0.05, 0) is 26.7 Å². The zero-order chi connectivity index (χ0) is 17.6. The second-order valence-corrected chi connectivity index (χ2v) is 7.71. The van der Waals surface area contributed by atoms with Gasteiger partial charge in [-0.1, -0.05) is 12.8 Å². The Kier molecular flexibility index (Phi) is 4.23. The molecule has 1 saturated heterocycles. The smallest absolute Gasteiger partial charge is 0.365 e. The molecular weight excluding hydrogens is 345 g/mol. The molecule has 0 aromatic carbocycles. The van der Waals surface area contributed by atoms with Crippen molar-refractivity contribution < 1.29 is 22.7 Å². The molecule has 1 aromatic rings. The van der Waals surface area contributed by atoms with Gasteiger partial charge in [0.1, 0.15) is 0 Å². The maximum atomic E-state index is 12.5. The van der Waals surface area contributed by atoms with Crippen molar-refractivity contribution in [3.05, 3.63) is 5.82 Å².